The van der Waals surface area contributed by atoms with Crippen LogP contribution in [0.15, 0.2) is 42.5 Å². The largest absolute Gasteiger partial charge is 0.366 e. The van der Waals surface area contributed by atoms with Gasteiger partial charge in [0.25, 0.3) is 5.91 Å². The van der Waals surface area contributed by atoms with E-state index in [0.29, 0.717) is 23.1 Å². The molecule has 4 amide bonds. The van der Waals surface area contributed by atoms with Crippen molar-refractivity contribution in [1.29, 1.82) is 0 Å². The van der Waals surface area contributed by atoms with E-state index in [1.165, 1.54) is 4.90 Å². The van der Waals surface area contributed by atoms with E-state index in [0.717, 1.165) is 11.1 Å². The highest BCUT2D eigenvalue weighted by Crippen LogP contribution is 2.35. The SMILES string of the molecule is NC(=O)c1ccccc1-c1cccc2c1CN(C1CCC(=O)NC1=O)C2=O. The minimum absolute atomic E-state index is 0.202. The van der Waals surface area contributed by atoms with E-state index in [2.05, 4.69) is 5.32 Å². The number of nitrogens with two attached hydrogens (primary N) is 1. The number of amides is 4. The number of benzene rings is 2. The molecule has 2 aromatic rings. The van der Waals surface area contributed by atoms with Crippen molar-refractivity contribution >= 4 is 23.6 Å². The molecule has 0 aliphatic carbocycles. The normalized spacial score (nSPS) is 19.0. The molecule has 4 rings (SSSR count). The molecule has 0 aromatic heterocycles. The molecule has 2 aliphatic heterocycles. The van der Waals surface area contributed by atoms with Gasteiger partial charge in [-0.15, -0.1) is 0 Å². The molecule has 0 radical (unpaired) electrons. The van der Waals surface area contributed by atoms with E-state index in [-0.39, 0.29) is 24.8 Å². The van der Waals surface area contributed by atoms with Crippen LogP contribution in [0.1, 0.15) is 39.1 Å². The van der Waals surface area contributed by atoms with Crippen LogP contribution < -0.4 is 11.1 Å². The smallest absolute Gasteiger partial charge is 0.255 e. The molecule has 7 nitrogen and oxygen atoms in total. The summed E-state index contributed by atoms with van der Waals surface area (Å²) >= 11 is 0. The molecule has 7 heteroatoms. The minimum atomic E-state index is -0.679. The van der Waals surface area contributed by atoms with E-state index in [1.54, 1.807) is 36.4 Å². The van der Waals surface area contributed by atoms with Crippen molar-refractivity contribution in [3.63, 3.8) is 0 Å². The van der Waals surface area contributed by atoms with Gasteiger partial charge in [-0.05, 0) is 35.2 Å². The summed E-state index contributed by atoms with van der Waals surface area (Å²) in [6.07, 6.45) is 0.505. The molecule has 2 heterocycles. The van der Waals surface area contributed by atoms with Crippen molar-refractivity contribution in [2.45, 2.75) is 25.4 Å². The number of carbonyl (C=O) groups excluding carboxylic acids is 4. The molecule has 0 spiro atoms. The van der Waals surface area contributed by atoms with Crippen molar-refractivity contribution in [3.8, 4) is 11.1 Å². The zero-order valence-corrected chi connectivity index (χ0v) is 14.4. The van der Waals surface area contributed by atoms with Gasteiger partial charge in [-0.1, -0.05) is 30.3 Å². The van der Waals surface area contributed by atoms with Gasteiger partial charge in [0, 0.05) is 24.1 Å². The number of primary amides is 1. The third kappa shape index (κ3) is 2.77. The van der Waals surface area contributed by atoms with Crippen LogP contribution in [0.3, 0.4) is 0 Å². The minimum Gasteiger partial charge on any atom is -0.366 e. The Morgan fingerprint density at radius 3 is 2.44 bits per heavy atom. The van der Waals surface area contributed by atoms with Gasteiger partial charge in [-0.25, -0.2) is 0 Å². The van der Waals surface area contributed by atoms with Gasteiger partial charge < -0.3 is 10.6 Å². The van der Waals surface area contributed by atoms with E-state index in [9.17, 15) is 19.2 Å². The number of nitrogens with one attached hydrogen (secondary N) is 1. The molecular formula is C20H17N3O4. The highest BCUT2D eigenvalue weighted by atomic mass is 16.2. The molecule has 1 unspecified atom stereocenters. The Kier molecular flexibility index (Phi) is 3.99. The maximum Gasteiger partial charge on any atom is 0.255 e. The number of fused-ring (bicyclic) bond motifs is 1. The summed E-state index contributed by atoms with van der Waals surface area (Å²) in [6.45, 7) is 0.240. The third-order valence-corrected chi connectivity index (χ3v) is 5.06. The van der Waals surface area contributed by atoms with Gasteiger partial charge in [0.2, 0.25) is 17.7 Å². The van der Waals surface area contributed by atoms with Crippen molar-refractivity contribution in [2.24, 2.45) is 5.73 Å². The average molecular weight is 363 g/mol. The summed E-state index contributed by atoms with van der Waals surface area (Å²) < 4.78 is 0. The van der Waals surface area contributed by atoms with Gasteiger partial charge in [-0.2, -0.15) is 0 Å². The van der Waals surface area contributed by atoms with Crippen molar-refractivity contribution in [2.75, 3.05) is 0 Å². The predicted octanol–water partition coefficient (Wildman–Crippen LogP) is 1.21. The Hall–Kier alpha value is -3.48. The van der Waals surface area contributed by atoms with E-state index in [4.69, 9.17) is 5.73 Å². The maximum atomic E-state index is 12.9. The summed E-state index contributed by atoms with van der Waals surface area (Å²) in [5.41, 5.74) is 8.51. The topological polar surface area (TPSA) is 110 Å². The summed E-state index contributed by atoms with van der Waals surface area (Å²) in [7, 11) is 0. The third-order valence-electron chi connectivity index (χ3n) is 5.06. The van der Waals surface area contributed by atoms with Gasteiger partial charge in [-0.3, -0.25) is 24.5 Å². The zero-order chi connectivity index (χ0) is 19.1. The highest BCUT2D eigenvalue weighted by molar-refractivity contribution is 6.07. The first-order chi connectivity index (χ1) is 13.0. The van der Waals surface area contributed by atoms with E-state index < -0.39 is 17.9 Å². The zero-order valence-electron chi connectivity index (χ0n) is 14.4. The fraction of sp³-hybridized carbons (Fsp3) is 0.200. The quantitative estimate of drug-likeness (QED) is 0.799. The Labute approximate surface area is 155 Å². The van der Waals surface area contributed by atoms with Gasteiger partial charge >= 0.3 is 0 Å². The molecule has 1 fully saturated rings. The maximum absolute atomic E-state index is 12.9. The number of carbonyl (C=O) groups is 4. The van der Waals surface area contributed by atoms with Gasteiger partial charge in [0.1, 0.15) is 6.04 Å². The lowest BCUT2D eigenvalue weighted by molar-refractivity contribution is -0.136. The number of rotatable bonds is 3. The van der Waals surface area contributed by atoms with Crippen molar-refractivity contribution in [1.82, 2.24) is 10.2 Å². The number of hydrogen-bond acceptors (Lipinski definition) is 4. The molecule has 3 N–H and O–H groups in total. The molecule has 2 aliphatic rings. The molecule has 0 bridgehead atoms. The summed E-state index contributed by atoms with van der Waals surface area (Å²) in [5.74, 6) is -1.57. The lowest BCUT2D eigenvalue weighted by atomic mass is 9.93. The first-order valence-corrected chi connectivity index (χ1v) is 8.63. The second kappa shape index (κ2) is 6.35. The predicted molar refractivity (Wildman–Crippen MR) is 96.4 cm³/mol. The molecule has 27 heavy (non-hydrogen) atoms. The van der Waals surface area contributed by atoms with E-state index >= 15 is 0 Å². The van der Waals surface area contributed by atoms with Crippen LogP contribution in [-0.4, -0.2) is 34.6 Å². The number of imide groups is 1. The Balaban J connectivity index is 1.75. The van der Waals surface area contributed by atoms with E-state index in [1.807, 2.05) is 6.07 Å². The molecule has 1 saturated heterocycles. The first-order valence-electron chi connectivity index (χ1n) is 8.63. The van der Waals surface area contributed by atoms with Crippen LogP contribution in [0.5, 0.6) is 0 Å². The van der Waals surface area contributed by atoms with Crippen LogP contribution in [0.25, 0.3) is 11.1 Å². The lowest BCUT2D eigenvalue weighted by Gasteiger charge is -2.29. The summed E-state index contributed by atoms with van der Waals surface area (Å²) in [4.78, 5) is 49.8. The molecule has 136 valence electrons. The molecule has 1 atom stereocenters. The fourth-order valence-electron chi connectivity index (χ4n) is 3.77. The average Bonchev–Trinajstić information content (AvgIpc) is 2.98. The Bertz CT molecular complexity index is 998. The number of piperidine rings is 1. The second-order valence-electron chi connectivity index (χ2n) is 6.64. The van der Waals surface area contributed by atoms with Gasteiger partial charge in [0.15, 0.2) is 0 Å². The van der Waals surface area contributed by atoms with Crippen molar-refractivity contribution in [3.05, 3.63) is 59.2 Å². The molecule has 0 saturated carbocycles. The van der Waals surface area contributed by atoms with Crippen LogP contribution in [-0.2, 0) is 16.1 Å². The first kappa shape index (κ1) is 17.0. The number of nitrogens with zero attached hydrogens (tertiary/aromatic N) is 1. The van der Waals surface area contributed by atoms with Crippen LogP contribution >= 0.6 is 0 Å². The monoisotopic (exact) mass is 363 g/mol. The summed E-state index contributed by atoms with van der Waals surface area (Å²) in [6, 6.07) is 11.6. The molecular weight excluding hydrogens is 346 g/mol. The lowest BCUT2D eigenvalue weighted by Crippen LogP contribution is -2.52. The number of hydrogen-bond donors (Lipinski definition) is 2. The van der Waals surface area contributed by atoms with Gasteiger partial charge in [0.05, 0.1) is 0 Å². The van der Waals surface area contributed by atoms with Crippen LogP contribution in [0.2, 0.25) is 0 Å². The second-order valence-corrected chi connectivity index (χ2v) is 6.64. The van der Waals surface area contributed by atoms with Crippen molar-refractivity contribution < 1.29 is 19.2 Å². The highest BCUT2D eigenvalue weighted by Gasteiger charge is 2.40. The molecule has 2 aromatic carbocycles. The Morgan fingerprint density at radius 2 is 1.70 bits per heavy atom. The standard InChI is InChI=1S/C20H17N3O4/c21-18(25)13-5-2-1-4-11(13)12-6-3-7-14-15(12)10-23(20(14)27)16-8-9-17(24)22-19(16)26/h1-7,16H,8-10H2,(H2,21,25)(H,22,24,26). The summed E-state index contributed by atoms with van der Waals surface area (Å²) in [5, 5.41) is 2.29. The van der Waals surface area contributed by atoms with Crippen LogP contribution in [0.4, 0.5) is 0 Å². The fourth-order valence-corrected chi connectivity index (χ4v) is 3.77. The van der Waals surface area contributed by atoms with Crippen LogP contribution in [0, 0.1) is 0 Å². The Morgan fingerprint density at radius 1 is 1.00 bits per heavy atom.